The number of fused-ring (bicyclic) bond motifs is 1. The average molecular weight is 270 g/mol. The van der Waals surface area contributed by atoms with Gasteiger partial charge in [-0.1, -0.05) is 6.07 Å². The Morgan fingerprint density at radius 1 is 1.42 bits per heavy atom. The van der Waals surface area contributed by atoms with Crippen LogP contribution in [0.4, 0.5) is 0 Å². The molecule has 0 aliphatic heterocycles. The van der Waals surface area contributed by atoms with Gasteiger partial charge in [0.15, 0.2) is 5.65 Å². The number of ether oxygens (including phenoxy) is 1. The minimum absolute atomic E-state index is 0.448. The lowest BCUT2D eigenvalue weighted by Crippen LogP contribution is -2.05. The quantitative estimate of drug-likeness (QED) is 0.729. The Labute approximate surface area is 113 Å². The molecule has 0 spiro atoms. The molecular formula is C13H10N4OS. The minimum atomic E-state index is 0.448. The van der Waals surface area contributed by atoms with Crippen LogP contribution in [0.25, 0.3) is 5.65 Å². The minimum Gasteiger partial charge on any atom is -0.477 e. The highest BCUT2D eigenvalue weighted by molar-refractivity contribution is 7.09. The summed E-state index contributed by atoms with van der Waals surface area (Å²) in [6, 6.07) is 7.91. The molecule has 0 radical (unpaired) electrons. The van der Waals surface area contributed by atoms with E-state index in [1.807, 2.05) is 11.4 Å². The zero-order valence-corrected chi connectivity index (χ0v) is 10.8. The van der Waals surface area contributed by atoms with Gasteiger partial charge in [-0.2, -0.15) is 14.9 Å². The van der Waals surface area contributed by atoms with Gasteiger partial charge in [-0.25, -0.2) is 4.98 Å². The molecule has 3 aromatic heterocycles. The van der Waals surface area contributed by atoms with E-state index < -0.39 is 0 Å². The van der Waals surface area contributed by atoms with Crippen LogP contribution in [0.5, 0.6) is 5.88 Å². The first kappa shape index (κ1) is 11.7. The van der Waals surface area contributed by atoms with E-state index >= 15 is 0 Å². The average Bonchev–Trinajstić information content (AvgIpc) is 3.07. The summed E-state index contributed by atoms with van der Waals surface area (Å²) in [5.41, 5.74) is 0.972. The Morgan fingerprint density at radius 3 is 3.16 bits per heavy atom. The number of thiophene rings is 1. The van der Waals surface area contributed by atoms with Crippen LogP contribution in [0, 0.1) is 11.3 Å². The lowest BCUT2D eigenvalue weighted by atomic mass is 10.4. The van der Waals surface area contributed by atoms with Crippen molar-refractivity contribution in [2.75, 3.05) is 6.61 Å². The fourth-order valence-electron chi connectivity index (χ4n) is 1.77. The first-order valence-electron chi connectivity index (χ1n) is 5.76. The zero-order chi connectivity index (χ0) is 13.1. The molecule has 6 heteroatoms. The van der Waals surface area contributed by atoms with Crippen molar-refractivity contribution in [2.45, 2.75) is 6.42 Å². The van der Waals surface area contributed by atoms with E-state index in [2.05, 4.69) is 22.2 Å². The molecule has 0 amide bonds. The summed E-state index contributed by atoms with van der Waals surface area (Å²) < 4.78 is 7.26. The maximum absolute atomic E-state index is 8.93. The monoisotopic (exact) mass is 270 g/mol. The summed E-state index contributed by atoms with van der Waals surface area (Å²) in [7, 11) is 0. The number of nitrogens with zero attached hydrogens (tertiary/aromatic N) is 4. The van der Waals surface area contributed by atoms with Crippen molar-refractivity contribution in [3.8, 4) is 11.9 Å². The Kier molecular flexibility index (Phi) is 3.12. The van der Waals surface area contributed by atoms with Crippen LogP contribution < -0.4 is 4.74 Å². The van der Waals surface area contributed by atoms with E-state index in [0.717, 1.165) is 6.42 Å². The molecule has 0 aliphatic carbocycles. The molecule has 0 unspecified atom stereocenters. The van der Waals surface area contributed by atoms with Gasteiger partial charge >= 0.3 is 0 Å². The van der Waals surface area contributed by atoms with E-state index in [4.69, 9.17) is 10.00 Å². The number of aromatic nitrogens is 3. The van der Waals surface area contributed by atoms with Crippen molar-refractivity contribution in [1.29, 1.82) is 5.26 Å². The van der Waals surface area contributed by atoms with E-state index in [1.54, 1.807) is 28.1 Å². The van der Waals surface area contributed by atoms with E-state index in [-0.39, 0.29) is 0 Å². The summed E-state index contributed by atoms with van der Waals surface area (Å²) >= 11 is 1.71. The van der Waals surface area contributed by atoms with Crippen LogP contribution >= 0.6 is 11.3 Å². The van der Waals surface area contributed by atoms with Gasteiger partial charge < -0.3 is 4.74 Å². The second kappa shape index (κ2) is 5.08. The molecule has 0 bridgehead atoms. The van der Waals surface area contributed by atoms with Gasteiger partial charge in [0.2, 0.25) is 5.88 Å². The van der Waals surface area contributed by atoms with Crippen LogP contribution in [-0.4, -0.2) is 21.2 Å². The van der Waals surface area contributed by atoms with Crippen LogP contribution in [0.3, 0.4) is 0 Å². The van der Waals surface area contributed by atoms with Crippen molar-refractivity contribution in [1.82, 2.24) is 14.6 Å². The molecule has 0 atom stereocenters. The standard InChI is InChI=1S/C13H10N4OS/c14-8-10-9-16-17-12(3-5-15-13(10)17)18-6-4-11-2-1-7-19-11/h1-3,5,7,9H,4,6H2. The summed E-state index contributed by atoms with van der Waals surface area (Å²) in [5.74, 6) is 0.600. The molecule has 3 aromatic rings. The van der Waals surface area contributed by atoms with Crippen molar-refractivity contribution >= 4 is 17.0 Å². The largest absolute Gasteiger partial charge is 0.477 e. The van der Waals surface area contributed by atoms with E-state index in [0.29, 0.717) is 23.7 Å². The molecular weight excluding hydrogens is 260 g/mol. The second-order valence-electron chi connectivity index (χ2n) is 3.87. The van der Waals surface area contributed by atoms with Gasteiger partial charge in [0.05, 0.1) is 12.8 Å². The summed E-state index contributed by atoms with van der Waals surface area (Å²) in [6.07, 6.45) is 3.97. The first-order valence-corrected chi connectivity index (χ1v) is 6.64. The Bertz CT molecular complexity index is 727. The molecule has 0 aromatic carbocycles. The molecule has 0 saturated carbocycles. The van der Waals surface area contributed by atoms with Gasteiger partial charge in [-0.3, -0.25) is 0 Å². The van der Waals surface area contributed by atoms with Crippen LogP contribution in [-0.2, 0) is 6.42 Å². The van der Waals surface area contributed by atoms with E-state index in [1.165, 1.54) is 11.1 Å². The molecule has 19 heavy (non-hydrogen) atoms. The van der Waals surface area contributed by atoms with Crippen molar-refractivity contribution in [3.63, 3.8) is 0 Å². The number of hydrogen-bond donors (Lipinski definition) is 0. The predicted molar refractivity (Wildman–Crippen MR) is 71.2 cm³/mol. The number of nitriles is 1. The van der Waals surface area contributed by atoms with Crippen molar-refractivity contribution in [3.05, 3.63) is 46.4 Å². The normalized spacial score (nSPS) is 10.5. The maximum Gasteiger partial charge on any atom is 0.218 e. The topological polar surface area (TPSA) is 63.2 Å². The molecule has 0 N–H and O–H groups in total. The van der Waals surface area contributed by atoms with Gasteiger partial charge in [-0.15, -0.1) is 11.3 Å². The highest BCUT2D eigenvalue weighted by atomic mass is 32.1. The fraction of sp³-hybridized carbons (Fsp3) is 0.154. The van der Waals surface area contributed by atoms with Gasteiger partial charge in [0.25, 0.3) is 0 Å². The molecule has 0 aliphatic rings. The molecule has 94 valence electrons. The van der Waals surface area contributed by atoms with Gasteiger partial charge in [0, 0.05) is 23.6 Å². The molecule has 0 saturated heterocycles. The third kappa shape index (κ3) is 2.28. The lowest BCUT2D eigenvalue weighted by molar-refractivity contribution is 0.302. The van der Waals surface area contributed by atoms with E-state index in [9.17, 15) is 0 Å². The SMILES string of the molecule is N#Cc1cnn2c(OCCc3cccs3)ccnc12. The summed E-state index contributed by atoms with van der Waals surface area (Å²) in [6.45, 7) is 0.571. The van der Waals surface area contributed by atoms with Crippen LogP contribution in [0.15, 0.2) is 36.0 Å². The molecule has 3 heterocycles. The summed E-state index contributed by atoms with van der Waals surface area (Å²) in [4.78, 5) is 5.41. The van der Waals surface area contributed by atoms with Gasteiger partial charge in [-0.05, 0) is 11.4 Å². The molecule has 0 fully saturated rings. The third-order valence-corrected chi connectivity index (χ3v) is 3.60. The number of rotatable bonds is 4. The van der Waals surface area contributed by atoms with Crippen molar-refractivity contribution in [2.24, 2.45) is 0 Å². The van der Waals surface area contributed by atoms with Crippen LogP contribution in [0.2, 0.25) is 0 Å². The predicted octanol–water partition coefficient (Wildman–Crippen LogP) is 2.28. The van der Waals surface area contributed by atoms with Crippen molar-refractivity contribution < 1.29 is 4.74 Å². The Hall–Kier alpha value is -2.39. The summed E-state index contributed by atoms with van der Waals surface area (Å²) in [5, 5.41) is 15.1. The lowest BCUT2D eigenvalue weighted by Gasteiger charge is -2.06. The Balaban J connectivity index is 1.78. The first-order chi connectivity index (χ1) is 9.38. The maximum atomic E-state index is 8.93. The third-order valence-electron chi connectivity index (χ3n) is 2.67. The second-order valence-corrected chi connectivity index (χ2v) is 4.90. The molecule has 3 rings (SSSR count). The molecule has 5 nitrogen and oxygen atoms in total. The highest BCUT2D eigenvalue weighted by Crippen LogP contribution is 2.15. The fourth-order valence-corrected chi connectivity index (χ4v) is 2.46. The number of hydrogen-bond acceptors (Lipinski definition) is 5. The van der Waals surface area contributed by atoms with Crippen LogP contribution in [0.1, 0.15) is 10.4 Å². The Morgan fingerprint density at radius 2 is 2.37 bits per heavy atom. The highest BCUT2D eigenvalue weighted by Gasteiger charge is 2.08. The smallest absolute Gasteiger partial charge is 0.218 e. The van der Waals surface area contributed by atoms with Gasteiger partial charge in [0.1, 0.15) is 11.6 Å². The zero-order valence-electron chi connectivity index (χ0n) is 9.98.